The van der Waals surface area contributed by atoms with E-state index in [2.05, 4.69) is 16.2 Å². The first-order chi connectivity index (χ1) is 12.1. The molecule has 0 spiro atoms. The lowest BCUT2D eigenvalue weighted by Gasteiger charge is -2.08. The summed E-state index contributed by atoms with van der Waals surface area (Å²) in [6.07, 6.45) is 5.74. The van der Waals surface area contributed by atoms with Gasteiger partial charge in [-0.05, 0) is 56.4 Å². The van der Waals surface area contributed by atoms with Crippen LogP contribution in [0.1, 0.15) is 44.9 Å². The smallest absolute Gasteiger partial charge is 0.279 e. The Morgan fingerprint density at radius 3 is 2.60 bits per heavy atom. The van der Waals surface area contributed by atoms with E-state index in [0.29, 0.717) is 4.88 Å². The second-order valence-corrected chi connectivity index (χ2v) is 7.48. The lowest BCUT2D eigenvalue weighted by atomic mass is 10.1. The highest BCUT2D eigenvalue weighted by molar-refractivity contribution is 7.14. The van der Waals surface area contributed by atoms with Gasteiger partial charge in [-0.3, -0.25) is 20.4 Å². The van der Waals surface area contributed by atoms with Gasteiger partial charge in [0.15, 0.2) is 0 Å². The third-order valence-electron chi connectivity index (χ3n) is 4.29. The van der Waals surface area contributed by atoms with Gasteiger partial charge >= 0.3 is 0 Å². The summed E-state index contributed by atoms with van der Waals surface area (Å²) in [6.45, 7) is 2.11. The largest absolute Gasteiger partial charge is 0.376 e. The molecule has 0 bridgehead atoms. The van der Waals surface area contributed by atoms with Crippen LogP contribution in [0.2, 0.25) is 0 Å². The molecule has 0 radical (unpaired) electrons. The van der Waals surface area contributed by atoms with E-state index in [4.69, 9.17) is 0 Å². The minimum atomic E-state index is -0.285. The fourth-order valence-electron chi connectivity index (χ4n) is 2.87. The van der Waals surface area contributed by atoms with Crippen molar-refractivity contribution >= 4 is 28.8 Å². The number of anilines is 1. The molecule has 132 valence electrons. The monoisotopic (exact) mass is 357 g/mol. The van der Waals surface area contributed by atoms with Crippen LogP contribution in [-0.4, -0.2) is 18.4 Å². The molecule has 0 unspecified atom stereocenters. The maximum Gasteiger partial charge on any atom is 0.279 e. The molecule has 5 nitrogen and oxygen atoms in total. The first kappa shape index (κ1) is 17.5. The number of fused-ring (bicyclic) bond motifs is 1. The van der Waals surface area contributed by atoms with Crippen LogP contribution < -0.4 is 16.2 Å². The van der Waals surface area contributed by atoms with Crippen molar-refractivity contribution in [2.45, 2.75) is 39.0 Å². The van der Waals surface area contributed by atoms with Crippen molar-refractivity contribution in [3.63, 3.8) is 0 Å². The Morgan fingerprint density at radius 2 is 1.80 bits per heavy atom. The van der Waals surface area contributed by atoms with Crippen LogP contribution >= 0.6 is 11.3 Å². The zero-order valence-electron chi connectivity index (χ0n) is 14.4. The van der Waals surface area contributed by atoms with Crippen LogP contribution in [0.25, 0.3) is 0 Å². The van der Waals surface area contributed by atoms with E-state index in [0.717, 1.165) is 24.1 Å². The Labute approximate surface area is 151 Å². The van der Waals surface area contributed by atoms with E-state index in [-0.39, 0.29) is 18.4 Å². The predicted octanol–water partition coefficient (Wildman–Crippen LogP) is 3.20. The van der Waals surface area contributed by atoms with Gasteiger partial charge in [0.25, 0.3) is 11.8 Å². The van der Waals surface area contributed by atoms with Gasteiger partial charge in [0.05, 0.1) is 11.4 Å². The number of aryl methyl sites for hydroxylation is 3. The van der Waals surface area contributed by atoms with Gasteiger partial charge in [-0.2, -0.15) is 0 Å². The second kappa shape index (κ2) is 8.16. The Hall–Kier alpha value is -2.34. The fraction of sp³-hybridized carbons (Fsp3) is 0.368. The lowest BCUT2D eigenvalue weighted by Crippen LogP contribution is -2.43. The van der Waals surface area contributed by atoms with Crippen molar-refractivity contribution in [1.82, 2.24) is 10.9 Å². The van der Waals surface area contributed by atoms with Crippen LogP contribution in [0.3, 0.4) is 0 Å². The molecule has 1 aromatic heterocycles. The van der Waals surface area contributed by atoms with Crippen molar-refractivity contribution in [2.75, 3.05) is 11.9 Å². The maximum absolute atomic E-state index is 12.2. The van der Waals surface area contributed by atoms with Crippen molar-refractivity contribution in [2.24, 2.45) is 0 Å². The van der Waals surface area contributed by atoms with Gasteiger partial charge < -0.3 is 5.32 Å². The molecule has 6 heteroatoms. The molecular weight excluding hydrogens is 334 g/mol. The quantitative estimate of drug-likeness (QED) is 0.581. The summed E-state index contributed by atoms with van der Waals surface area (Å²) in [6, 6.07) is 9.75. The van der Waals surface area contributed by atoms with Crippen LogP contribution in [0.5, 0.6) is 0 Å². The molecule has 1 heterocycles. The molecule has 0 saturated heterocycles. The number of hydrazine groups is 1. The summed E-state index contributed by atoms with van der Waals surface area (Å²) < 4.78 is 0. The van der Waals surface area contributed by atoms with E-state index in [1.54, 1.807) is 11.3 Å². The van der Waals surface area contributed by atoms with Crippen molar-refractivity contribution in [3.8, 4) is 0 Å². The number of hydrogen-bond acceptors (Lipinski definition) is 4. The van der Waals surface area contributed by atoms with Crippen LogP contribution in [0.15, 0.2) is 30.3 Å². The van der Waals surface area contributed by atoms with Gasteiger partial charge in [0, 0.05) is 10.6 Å². The molecule has 0 fully saturated rings. The molecule has 1 aliphatic carbocycles. The number of amides is 2. The van der Waals surface area contributed by atoms with Gasteiger partial charge in [-0.25, -0.2) is 0 Å². The van der Waals surface area contributed by atoms with E-state index in [9.17, 15) is 9.59 Å². The molecule has 1 aliphatic rings. The Bertz CT molecular complexity index is 729. The molecular formula is C19H23N3O2S. The average Bonchev–Trinajstić information content (AvgIpc) is 2.90. The molecule has 25 heavy (non-hydrogen) atoms. The summed E-state index contributed by atoms with van der Waals surface area (Å²) >= 11 is 1.54. The van der Waals surface area contributed by atoms with E-state index >= 15 is 0 Å². The predicted molar refractivity (Wildman–Crippen MR) is 101 cm³/mol. The first-order valence-electron chi connectivity index (χ1n) is 8.63. The van der Waals surface area contributed by atoms with Crippen molar-refractivity contribution < 1.29 is 9.59 Å². The average molecular weight is 357 g/mol. The zero-order valence-corrected chi connectivity index (χ0v) is 15.2. The van der Waals surface area contributed by atoms with Crippen LogP contribution in [0, 0.1) is 6.92 Å². The third-order valence-corrected chi connectivity index (χ3v) is 5.53. The molecule has 0 aliphatic heterocycles. The summed E-state index contributed by atoms with van der Waals surface area (Å²) in [5, 5.41) is 3.02. The number of benzene rings is 1. The normalized spacial score (nSPS) is 13.5. The standard InChI is InChI=1S/C19H23N3O2S/c1-13-7-9-15(10-8-13)20-12-18(23)21-22-19(24)17-11-14-5-3-2-4-6-16(14)25-17/h7-11,20H,2-6,12H2,1H3,(H,21,23)(H,22,24). The minimum Gasteiger partial charge on any atom is -0.376 e. The molecule has 0 atom stereocenters. The fourth-order valence-corrected chi connectivity index (χ4v) is 4.01. The highest BCUT2D eigenvalue weighted by Crippen LogP contribution is 2.28. The van der Waals surface area contributed by atoms with Gasteiger partial charge in [0.1, 0.15) is 0 Å². The lowest BCUT2D eigenvalue weighted by molar-refractivity contribution is -0.120. The SMILES string of the molecule is Cc1ccc(NCC(=O)NNC(=O)c2cc3c(s2)CCCCC3)cc1. The van der Waals surface area contributed by atoms with Crippen molar-refractivity contribution in [3.05, 3.63) is 51.2 Å². The summed E-state index contributed by atoms with van der Waals surface area (Å²) in [5.74, 6) is -0.534. The van der Waals surface area contributed by atoms with Gasteiger partial charge in [-0.15, -0.1) is 11.3 Å². The number of nitrogens with one attached hydrogen (secondary N) is 3. The molecule has 2 amide bonds. The van der Waals surface area contributed by atoms with Crippen LogP contribution in [-0.2, 0) is 17.6 Å². The highest BCUT2D eigenvalue weighted by atomic mass is 32.1. The van der Waals surface area contributed by atoms with Crippen LogP contribution in [0.4, 0.5) is 5.69 Å². The maximum atomic E-state index is 12.2. The number of rotatable bonds is 4. The van der Waals surface area contributed by atoms with Gasteiger partial charge in [0.2, 0.25) is 0 Å². The van der Waals surface area contributed by atoms with E-state index in [1.807, 2.05) is 37.3 Å². The third kappa shape index (κ3) is 4.82. The number of carbonyl (C=O) groups excluding carboxylic acids is 2. The van der Waals surface area contributed by atoms with Gasteiger partial charge in [-0.1, -0.05) is 24.1 Å². The van der Waals surface area contributed by atoms with E-state index < -0.39 is 0 Å². The molecule has 1 aromatic carbocycles. The topological polar surface area (TPSA) is 70.2 Å². The minimum absolute atomic E-state index is 0.101. The zero-order chi connectivity index (χ0) is 17.6. The summed E-state index contributed by atoms with van der Waals surface area (Å²) in [4.78, 5) is 26.1. The number of hydrogen-bond donors (Lipinski definition) is 3. The highest BCUT2D eigenvalue weighted by Gasteiger charge is 2.16. The Morgan fingerprint density at radius 1 is 1.04 bits per heavy atom. The Kier molecular flexibility index (Phi) is 5.71. The Balaban J connectivity index is 1.47. The van der Waals surface area contributed by atoms with E-state index in [1.165, 1.54) is 29.7 Å². The molecule has 2 aromatic rings. The molecule has 3 rings (SSSR count). The number of carbonyl (C=O) groups is 2. The number of thiophene rings is 1. The molecule has 0 saturated carbocycles. The van der Waals surface area contributed by atoms with Crippen molar-refractivity contribution in [1.29, 1.82) is 0 Å². The second-order valence-electron chi connectivity index (χ2n) is 6.34. The summed E-state index contributed by atoms with van der Waals surface area (Å²) in [5.41, 5.74) is 8.29. The first-order valence-corrected chi connectivity index (χ1v) is 9.45. The summed E-state index contributed by atoms with van der Waals surface area (Å²) in [7, 11) is 0. The molecule has 3 N–H and O–H groups in total.